The molecular weight excluding hydrogens is 247 g/mol. The fourth-order valence-corrected chi connectivity index (χ4v) is 0. The fourth-order valence-electron chi connectivity index (χ4n) is 0. The predicted octanol–water partition coefficient (Wildman–Crippen LogP) is -1.48. The molecule has 68 valence electrons. The van der Waals surface area contributed by atoms with Crippen LogP contribution in [0.3, 0.4) is 0 Å². The molecule has 0 aromatic rings. The van der Waals surface area contributed by atoms with Gasteiger partial charge in [-0.3, -0.25) is 0 Å². The van der Waals surface area contributed by atoms with Gasteiger partial charge in [-0.2, -0.15) is 0 Å². The van der Waals surface area contributed by atoms with Gasteiger partial charge in [0.05, 0.1) is 10.2 Å². The van der Waals surface area contributed by atoms with E-state index in [1.54, 1.807) is 0 Å². The summed E-state index contributed by atoms with van der Waals surface area (Å²) in [5.41, 5.74) is 0. The Hall–Kier alpha value is -0.797. The van der Waals surface area contributed by atoms with Crippen molar-refractivity contribution in [2.24, 2.45) is 0 Å². The SMILES string of the molecule is O.O=[N+]([O-])[O-].O=[N+]([O-])[O-].[OH-].[Zr]. The monoisotopic (exact) mass is 249 g/mol. The molecule has 0 spiro atoms. The van der Waals surface area contributed by atoms with Gasteiger partial charge in [0.15, 0.2) is 0 Å². The Kier molecular flexibility index (Phi) is 66.4. The first-order valence-corrected chi connectivity index (χ1v) is 1.10. The van der Waals surface area contributed by atoms with E-state index in [9.17, 15) is 0 Å². The van der Waals surface area contributed by atoms with E-state index in [1.165, 1.54) is 0 Å². The number of nitrogens with zero attached hydrogens (tertiary/aromatic N) is 2. The molecule has 10 nitrogen and oxygen atoms in total. The number of hydrogen-bond acceptors (Lipinski definition) is 7. The molecular formula is H3N2O8Zr-3. The summed E-state index contributed by atoms with van der Waals surface area (Å²) in [5, 5.41) is 29.5. The van der Waals surface area contributed by atoms with Gasteiger partial charge in [0.1, 0.15) is 0 Å². The molecule has 0 aliphatic rings. The van der Waals surface area contributed by atoms with Gasteiger partial charge < -0.3 is 41.6 Å². The summed E-state index contributed by atoms with van der Waals surface area (Å²) in [7, 11) is 0. The van der Waals surface area contributed by atoms with Gasteiger partial charge in [-0.05, 0) is 0 Å². The van der Waals surface area contributed by atoms with Crippen LogP contribution in [-0.2, 0) is 26.2 Å². The molecule has 0 aliphatic heterocycles. The second-order valence-corrected chi connectivity index (χ2v) is 0.447. The molecule has 0 fully saturated rings. The third-order valence-electron chi connectivity index (χ3n) is 0. The van der Waals surface area contributed by atoms with Gasteiger partial charge in [0.25, 0.3) is 0 Å². The van der Waals surface area contributed by atoms with E-state index in [2.05, 4.69) is 0 Å². The van der Waals surface area contributed by atoms with Gasteiger partial charge in [-0.25, -0.2) is 0 Å². The minimum Gasteiger partial charge on any atom is -0.870 e. The Morgan fingerprint density at radius 3 is 0.818 bits per heavy atom. The Morgan fingerprint density at radius 1 is 0.818 bits per heavy atom. The Balaban J connectivity index is -0.0000000171. The van der Waals surface area contributed by atoms with Crippen molar-refractivity contribution in [2.45, 2.75) is 0 Å². The summed E-state index contributed by atoms with van der Waals surface area (Å²) in [6.45, 7) is 0. The van der Waals surface area contributed by atoms with Crippen LogP contribution in [0.4, 0.5) is 0 Å². The summed E-state index contributed by atoms with van der Waals surface area (Å²) in [4.78, 5) is 16.5. The summed E-state index contributed by atoms with van der Waals surface area (Å²) >= 11 is 0. The van der Waals surface area contributed by atoms with Gasteiger partial charge in [0, 0.05) is 26.2 Å². The van der Waals surface area contributed by atoms with Crippen molar-refractivity contribution >= 4 is 0 Å². The molecule has 0 heterocycles. The smallest absolute Gasteiger partial charge is 0.0689 e. The molecule has 0 aromatic carbocycles. The molecule has 3 N–H and O–H groups in total. The van der Waals surface area contributed by atoms with Crippen LogP contribution in [0.2, 0.25) is 0 Å². The van der Waals surface area contributed by atoms with Gasteiger partial charge in [-0.15, -0.1) is 0 Å². The fraction of sp³-hybridized carbons (Fsp3) is 0. The maximum Gasteiger partial charge on any atom is 0.0689 e. The molecule has 0 bridgehead atoms. The van der Waals surface area contributed by atoms with Crippen molar-refractivity contribution in [2.75, 3.05) is 0 Å². The van der Waals surface area contributed by atoms with E-state index in [4.69, 9.17) is 30.6 Å². The van der Waals surface area contributed by atoms with Crippen molar-refractivity contribution in [1.82, 2.24) is 0 Å². The van der Waals surface area contributed by atoms with Crippen molar-refractivity contribution in [3.8, 4) is 0 Å². The zero-order chi connectivity index (χ0) is 7.15. The van der Waals surface area contributed by atoms with E-state index in [1.807, 2.05) is 0 Å². The molecule has 0 saturated heterocycles. The molecule has 0 radical (unpaired) electrons. The molecule has 0 atom stereocenters. The van der Waals surface area contributed by atoms with Crippen LogP contribution in [0.1, 0.15) is 0 Å². The normalized spacial score (nSPS) is 4.36. The molecule has 0 rings (SSSR count). The Bertz CT molecular complexity index is 70.1. The van der Waals surface area contributed by atoms with Crippen LogP contribution in [-0.4, -0.2) is 21.1 Å². The largest absolute Gasteiger partial charge is 0.870 e. The molecule has 0 unspecified atom stereocenters. The molecule has 0 amide bonds. The second-order valence-electron chi connectivity index (χ2n) is 0.447. The second kappa shape index (κ2) is 22.9. The van der Waals surface area contributed by atoms with E-state index in [-0.39, 0.29) is 37.2 Å². The number of hydrogen-bond donors (Lipinski definition) is 0. The third-order valence-corrected chi connectivity index (χ3v) is 0. The molecule has 11 heavy (non-hydrogen) atoms. The Morgan fingerprint density at radius 2 is 0.818 bits per heavy atom. The standard InChI is InChI=1S/2NO3.2H2O.Zr/c2*2-1(3)4;;;/h;;2*1H2;/q2*-1;;;/p-1. The van der Waals surface area contributed by atoms with Crippen molar-refractivity contribution in [3.05, 3.63) is 30.6 Å². The zero-order valence-electron chi connectivity index (χ0n) is 4.79. The van der Waals surface area contributed by atoms with E-state index in [0.29, 0.717) is 0 Å². The average molecular weight is 250 g/mol. The molecule has 0 aliphatic carbocycles. The zero-order valence-corrected chi connectivity index (χ0v) is 7.25. The van der Waals surface area contributed by atoms with Gasteiger partial charge in [-0.1, -0.05) is 0 Å². The minimum atomic E-state index is -1.75. The van der Waals surface area contributed by atoms with E-state index < -0.39 is 10.2 Å². The Labute approximate surface area is 78.4 Å². The van der Waals surface area contributed by atoms with Crippen molar-refractivity contribution in [1.29, 1.82) is 0 Å². The third kappa shape index (κ3) is 752. The summed E-state index contributed by atoms with van der Waals surface area (Å²) in [6, 6.07) is 0. The minimum absolute atomic E-state index is 0. The van der Waals surface area contributed by atoms with E-state index >= 15 is 0 Å². The van der Waals surface area contributed by atoms with Crippen molar-refractivity contribution in [3.63, 3.8) is 0 Å². The van der Waals surface area contributed by atoms with Crippen LogP contribution in [0.25, 0.3) is 0 Å². The van der Waals surface area contributed by atoms with Crippen LogP contribution in [0.5, 0.6) is 0 Å². The van der Waals surface area contributed by atoms with Crippen LogP contribution in [0.15, 0.2) is 0 Å². The summed E-state index contributed by atoms with van der Waals surface area (Å²) in [6.07, 6.45) is 0. The van der Waals surface area contributed by atoms with Gasteiger partial charge in [0.2, 0.25) is 0 Å². The topological polar surface area (TPSA) is 194 Å². The quantitative estimate of drug-likeness (QED) is 0.368. The average Bonchev–Trinajstić information content (AvgIpc) is 1.25. The van der Waals surface area contributed by atoms with E-state index in [0.717, 1.165) is 0 Å². The first-order chi connectivity index (χ1) is 3.46. The predicted molar refractivity (Wildman–Crippen MR) is 26.3 cm³/mol. The van der Waals surface area contributed by atoms with Crippen LogP contribution >= 0.6 is 0 Å². The number of rotatable bonds is 0. The summed E-state index contributed by atoms with van der Waals surface area (Å²) in [5.74, 6) is 0. The first kappa shape index (κ1) is 31.9. The van der Waals surface area contributed by atoms with Gasteiger partial charge >= 0.3 is 0 Å². The van der Waals surface area contributed by atoms with Crippen LogP contribution in [0, 0.1) is 30.6 Å². The molecule has 0 aromatic heterocycles. The molecule has 11 heteroatoms. The summed E-state index contributed by atoms with van der Waals surface area (Å²) < 4.78 is 0. The first-order valence-electron chi connectivity index (χ1n) is 1.10. The van der Waals surface area contributed by atoms with Crippen LogP contribution < -0.4 is 0 Å². The molecule has 0 saturated carbocycles. The maximum atomic E-state index is 8.25. The maximum absolute atomic E-state index is 8.25. The van der Waals surface area contributed by atoms with Crippen molar-refractivity contribution < 1.29 is 47.3 Å².